The number of hydrogen-bond acceptors (Lipinski definition) is 3. The van der Waals surface area contributed by atoms with Crippen molar-refractivity contribution in [2.45, 2.75) is 39.3 Å². The van der Waals surface area contributed by atoms with Crippen molar-refractivity contribution in [3.63, 3.8) is 0 Å². The molecule has 0 fully saturated rings. The predicted molar refractivity (Wildman–Crippen MR) is 107 cm³/mol. The van der Waals surface area contributed by atoms with Gasteiger partial charge in [0, 0.05) is 34.6 Å². The Morgan fingerprint density at radius 2 is 1.84 bits per heavy atom. The molecule has 0 radical (unpaired) electrons. The van der Waals surface area contributed by atoms with Crippen LogP contribution < -0.4 is 5.32 Å². The first-order valence-corrected chi connectivity index (χ1v) is 9.12. The van der Waals surface area contributed by atoms with E-state index in [9.17, 15) is 0 Å². The molecular weight excluding hydrogens is 308 g/mol. The van der Waals surface area contributed by atoms with Crippen LogP contribution in [0.3, 0.4) is 0 Å². The number of hydrogen-bond donors (Lipinski definition) is 1. The SMILES string of the molecule is CN(C)CCCNCc1nccc2c3ccccc3n(C(C)(C)C)c12. The lowest BCUT2D eigenvalue weighted by molar-refractivity contribution is 0.394. The van der Waals surface area contributed by atoms with Gasteiger partial charge in [-0.2, -0.15) is 0 Å². The predicted octanol–water partition coefficient (Wildman–Crippen LogP) is 3.99. The molecule has 4 nitrogen and oxygen atoms in total. The summed E-state index contributed by atoms with van der Waals surface area (Å²) >= 11 is 0. The lowest BCUT2D eigenvalue weighted by Crippen LogP contribution is -2.24. The highest BCUT2D eigenvalue weighted by atomic mass is 15.1. The van der Waals surface area contributed by atoms with Crippen LogP contribution in [-0.2, 0) is 12.1 Å². The van der Waals surface area contributed by atoms with Gasteiger partial charge < -0.3 is 14.8 Å². The normalized spacial score (nSPS) is 12.6. The summed E-state index contributed by atoms with van der Waals surface area (Å²) in [4.78, 5) is 6.94. The zero-order valence-corrected chi connectivity index (χ0v) is 16.1. The molecule has 0 bridgehead atoms. The van der Waals surface area contributed by atoms with Crippen molar-refractivity contribution in [1.29, 1.82) is 0 Å². The maximum absolute atomic E-state index is 4.72. The van der Waals surface area contributed by atoms with E-state index in [4.69, 9.17) is 4.98 Å². The minimum atomic E-state index is 0.00403. The second kappa shape index (κ2) is 7.14. The van der Waals surface area contributed by atoms with Gasteiger partial charge in [0.2, 0.25) is 0 Å². The summed E-state index contributed by atoms with van der Waals surface area (Å²) in [6.45, 7) is 9.70. The quantitative estimate of drug-likeness (QED) is 0.690. The third-order valence-corrected chi connectivity index (χ3v) is 4.58. The molecule has 0 aliphatic carbocycles. The number of aromatic nitrogens is 2. The number of benzene rings is 1. The van der Waals surface area contributed by atoms with Crippen molar-refractivity contribution in [3.05, 3.63) is 42.2 Å². The highest BCUT2D eigenvalue weighted by Crippen LogP contribution is 2.34. The van der Waals surface area contributed by atoms with E-state index in [-0.39, 0.29) is 5.54 Å². The molecule has 4 heteroatoms. The Hall–Kier alpha value is -1.91. The van der Waals surface area contributed by atoms with Crippen molar-refractivity contribution in [2.24, 2.45) is 0 Å². The summed E-state index contributed by atoms with van der Waals surface area (Å²) in [7, 11) is 4.23. The first-order valence-electron chi connectivity index (χ1n) is 9.12. The van der Waals surface area contributed by atoms with Crippen LogP contribution in [0.1, 0.15) is 32.9 Å². The van der Waals surface area contributed by atoms with E-state index >= 15 is 0 Å². The molecule has 1 N–H and O–H groups in total. The van der Waals surface area contributed by atoms with Crippen LogP contribution in [0.2, 0.25) is 0 Å². The molecule has 2 heterocycles. The second-order valence-electron chi connectivity index (χ2n) is 8.01. The maximum Gasteiger partial charge on any atom is 0.0784 e. The van der Waals surface area contributed by atoms with Gasteiger partial charge in [0.15, 0.2) is 0 Å². The molecule has 0 amide bonds. The molecule has 0 aliphatic heterocycles. The van der Waals surface area contributed by atoms with E-state index in [1.807, 2.05) is 6.20 Å². The van der Waals surface area contributed by atoms with Gasteiger partial charge in [-0.05, 0) is 66.5 Å². The second-order valence-corrected chi connectivity index (χ2v) is 8.01. The first-order chi connectivity index (χ1) is 11.9. The Bertz CT molecular complexity index is 855. The number of fused-ring (bicyclic) bond motifs is 3. The fraction of sp³-hybridized carbons (Fsp3) is 0.476. The standard InChI is InChI=1S/C21H30N4/c1-21(2,3)25-19-10-7-6-9-16(19)17-11-13-23-18(20(17)25)15-22-12-8-14-24(4)5/h6-7,9-11,13,22H,8,12,14-15H2,1-5H3. The fourth-order valence-electron chi connectivity index (χ4n) is 3.53. The van der Waals surface area contributed by atoms with Crippen molar-refractivity contribution in [2.75, 3.05) is 27.2 Å². The lowest BCUT2D eigenvalue weighted by Gasteiger charge is -2.25. The van der Waals surface area contributed by atoms with Gasteiger partial charge in [-0.15, -0.1) is 0 Å². The Kier molecular flexibility index (Phi) is 5.11. The number of nitrogens with zero attached hydrogens (tertiary/aromatic N) is 3. The monoisotopic (exact) mass is 338 g/mol. The summed E-state index contributed by atoms with van der Waals surface area (Å²) in [6.07, 6.45) is 3.09. The van der Waals surface area contributed by atoms with Gasteiger partial charge in [-0.3, -0.25) is 4.98 Å². The van der Waals surface area contributed by atoms with E-state index in [1.54, 1.807) is 0 Å². The number of nitrogens with one attached hydrogen (secondary N) is 1. The van der Waals surface area contributed by atoms with Crippen molar-refractivity contribution < 1.29 is 0 Å². The van der Waals surface area contributed by atoms with Crippen molar-refractivity contribution in [3.8, 4) is 0 Å². The third-order valence-electron chi connectivity index (χ3n) is 4.58. The average molecular weight is 338 g/mol. The summed E-state index contributed by atoms with van der Waals surface area (Å²) in [6, 6.07) is 10.8. The lowest BCUT2D eigenvalue weighted by atomic mass is 10.1. The Labute approximate surface area is 150 Å². The molecule has 25 heavy (non-hydrogen) atoms. The van der Waals surface area contributed by atoms with Gasteiger partial charge >= 0.3 is 0 Å². The Morgan fingerprint density at radius 1 is 1.08 bits per heavy atom. The van der Waals surface area contributed by atoms with Crippen LogP contribution in [0.4, 0.5) is 0 Å². The average Bonchev–Trinajstić information content (AvgIpc) is 2.90. The smallest absolute Gasteiger partial charge is 0.0784 e. The van der Waals surface area contributed by atoms with Crippen LogP contribution in [0.15, 0.2) is 36.5 Å². The summed E-state index contributed by atoms with van der Waals surface area (Å²) in [5.41, 5.74) is 3.68. The highest BCUT2D eigenvalue weighted by Gasteiger charge is 2.22. The van der Waals surface area contributed by atoms with E-state index in [2.05, 4.69) is 80.0 Å². The molecule has 0 unspecified atom stereocenters. The topological polar surface area (TPSA) is 33.1 Å². The van der Waals surface area contributed by atoms with Crippen LogP contribution in [0.5, 0.6) is 0 Å². The van der Waals surface area contributed by atoms with Gasteiger partial charge in [0.05, 0.1) is 11.2 Å². The van der Waals surface area contributed by atoms with E-state index in [1.165, 1.54) is 21.8 Å². The number of para-hydroxylation sites is 1. The Balaban J connectivity index is 1.99. The van der Waals surface area contributed by atoms with Gasteiger partial charge in [0.1, 0.15) is 0 Å². The summed E-state index contributed by atoms with van der Waals surface area (Å²) in [5, 5.41) is 6.18. The van der Waals surface area contributed by atoms with Crippen LogP contribution in [0.25, 0.3) is 21.8 Å². The molecule has 2 aromatic heterocycles. The van der Waals surface area contributed by atoms with Gasteiger partial charge in [-0.1, -0.05) is 18.2 Å². The molecule has 134 valence electrons. The summed E-state index contributed by atoms with van der Waals surface area (Å²) in [5.74, 6) is 0. The minimum Gasteiger partial charge on any atom is -0.334 e. The molecule has 3 rings (SSSR count). The molecule has 0 saturated carbocycles. The molecular formula is C21H30N4. The van der Waals surface area contributed by atoms with Crippen LogP contribution >= 0.6 is 0 Å². The van der Waals surface area contributed by atoms with Crippen LogP contribution in [0, 0.1) is 0 Å². The Morgan fingerprint density at radius 3 is 2.56 bits per heavy atom. The molecule has 0 spiro atoms. The highest BCUT2D eigenvalue weighted by molar-refractivity contribution is 6.08. The molecule has 0 atom stereocenters. The van der Waals surface area contributed by atoms with Gasteiger partial charge in [0.25, 0.3) is 0 Å². The van der Waals surface area contributed by atoms with Crippen molar-refractivity contribution >= 4 is 21.8 Å². The fourth-order valence-corrected chi connectivity index (χ4v) is 3.53. The number of rotatable bonds is 6. The summed E-state index contributed by atoms with van der Waals surface area (Å²) < 4.78 is 2.45. The van der Waals surface area contributed by atoms with Crippen LogP contribution in [-0.4, -0.2) is 41.6 Å². The maximum atomic E-state index is 4.72. The zero-order valence-electron chi connectivity index (χ0n) is 16.1. The minimum absolute atomic E-state index is 0.00403. The molecule has 0 aliphatic rings. The largest absolute Gasteiger partial charge is 0.334 e. The zero-order chi connectivity index (χ0) is 18.0. The molecule has 1 aromatic carbocycles. The number of pyridine rings is 1. The third kappa shape index (κ3) is 3.70. The van der Waals surface area contributed by atoms with E-state index in [0.717, 1.165) is 31.7 Å². The van der Waals surface area contributed by atoms with Gasteiger partial charge in [-0.25, -0.2) is 0 Å². The molecule has 3 aromatic rings. The first kappa shape index (κ1) is 17.9. The van der Waals surface area contributed by atoms with Crippen molar-refractivity contribution in [1.82, 2.24) is 19.8 Å². The molecule has 0 saturated heterocycles. The van der Waals surface area contributed by atoms with E-state index in [0.29, 0.717) is 0 Å². The van der Waals surface area contributed by atoms with E-state index < -0.39 is 0 Å².